The van der Waals surface area contributed by atoms with E-state index in [1.807, 2.05) is 56.4 Å². The van der Waals surface area contributed by atoms with Gasteiger partial charge >= 0.3 is 5.97 Å². The lowest BCUT2D eigenvalue weighted by Crippen LogP contribution is -2.35. The highest BCUT2D eigenvalue weighted by molar-refractivity contribution is 5.95. The lowest BCUT2D eigenvalue weighted by Gasteiger charge is -2.11. The zero-order valence-corrected chi connectivity index (χ0v) is 17.8. The molecule has 3 aromatic rings. The molecule has 0 bridgehead atoms. The first-order valence-electron chi connectivity index (χ1n) is 10.3. The van der Waals surface area contributed by atoms with Gasteiger partial charge in [-0.3, -0.25) is 14.4 Å². The number of hydrogen-bond donors (Lipinski definition) is 3. The first kappa shape index (κ1) is 22.1. The number of rotatable bonds is 9. The Morgan fingerprint density at radius 2 is 1.81 bits per heavy atom. The number of benzene rings is 2. The number of ether oxygens (including phenoxy) is 1. The van der Waals surface area contributed by atoms with E-state index in [4.69, 9.17) is 4.74 Å². The van der Waals surface area contributed by atoms with Gasteiger partial charge in [0.2, 0.25) is 5.91 Å². The molecule has 0 aliphatic rings. The van der Waals surface area contributed by atoms with Gasteiger partial charge in [-0.1, -0.05) is 30.3 Å². The molecule has 2 aromatic carbocycles. The Labute approximate surface area is 181 Å². The molecule has 31 heavy (non-hydrogen) atoms. The topological polar surface area (TPSA) is 100 Å². The van der Waals surface area contributed by atoms with E-state index in [9.17, 15) is 14.4 Å². The van der Waals surface area contributed by atoms with Crippen molar-refractivity contribution in [1.29, 1.82) is 0 Å². The number of aromatic nitrogens is 1. The molecule has 0 aliphatic heterocycles. The number of hydrogen-bond acceptors (Lipinski definition) is 4. The van der Waals surface area contributed by atoms with Crippen LogP contribution in [-0.4, -0.2) is 35.9 Å². The molecule has 1 aromatic heterocycles. The third-order valence-corrected chi connectivity index (χ3v) is 5.19. The number of para-hydroxylation sites is 1. The number of carbonyl (C=O) groups excluding carboxylic acids is 3. The van der Waals surface area contributed by atoms with Crippen LogP contribution < -0.4 is 10.6 Å². The van der Waals surface area contributed by atoms with Crippen molar-refractivity contribution in [2.75, 3.05) is 18.5 Å². The number of fused-ring (bicyclic) bond motifs is 1. The van der Waals surface area contributed by atoms with Gasteiger partial charge in [-0.15, -0.1) is 0 Å². The maximum atomic E-state index is 12.0. The number of nitrogens with one attached hydrogen (secondary N) is 3. The molecule has 0 spiro atoms. The molecule has 0 atom stereocenters. The van der Waals surface area contributed by atoms with Crippen molar-refractivity contribution in [2.24, 2.45) is 0 Å². The summed E-state index contributed by atoms with van der Waals surface area (Å²) in [5.41, 5.74) is 4.97. The molecule has 0 aliphatic carbocycles. The monoisotopic (exact) mass is 421 g/mol. The van der Waals surface area contributed by atoms with Crippen molar-refractivity contribution in [3.63, 3.8) is 0 Å². The Morgan fingerprint density at radius 1 is 1.00 bits per heavy atom. The minimum atomic E-state index is -0.513. The molecule has 3 rings (SSSR count). The summed E-state index contributed by atoms with van der Waals surface area (Å²) in [7, 11) is 0. The number of aromatic amines is 1. The van der Waals surface area contributed by atoms with Crippen LogP contribution in [0.4, 0.5) is 5.69 Å². The minimum absolute atomic E-state index is 0.190. The summed E-state index contributed by atoms with van der Waals surface area (Å²) in [6.45, 7) is 3.29. The van der Waals surface area contributed by atoms with E-state index >= 15 is 0 Å². The van der Waals surface area contributed by atoms with Gasteiger partial charge in [-0.25, -0.2) is 0 Å². The van der Waals surface area contributed by atoms with Gasteiger partial charge in [0.15, 0.2) is 6.61 Å². The highest BCUT2D eigenvalue weighted by Crippen LogP contribution is 2.19. The van der Waals surface area contributed by atoms with E-state index in [2.05, 4.69) is 15.6 Å². The quantitative estimate of drug-likeness (QED) is 0.461. The number of amides is 2. The highest BCUT2D eigenvalue weighted by atomic mass is 16.5. The van der Waals surface area contributed by atoms with Crippen LogP contribution in [0.2, 0.25) is 0 Å². The van der Waals surface area contributed by atoms with Gasteiger partial charge in [0.25, 0.3) is 5.91 Å². The Balaban J connectivity index is 1.33. The summed E-state index contributed by atoms with van der Waals surface area (Å²) >= 11 is 0. The highest BCUT2D eigenvalue weighted by Gasteiger charge is 2.11. The van der Waals surface area contributed by atoms with Crippen molar-refractivity contribution in [2.45, 2.75) is 33.1 Å². The van der Waals surface area contributed by atoms with Crippen LogP contribution in [0, 0.1) is 13.8 Å². The first-order valence-corrected chi connectivity index (χ1v) is 10.3. The number of carbonyl (C=O) groups is 3. The fraction of sp³-hybridized carbons (Fsp3) is 0.292. The molecule has 162 valence electrons. The zero-order valence-electron chi connectivity index (χ0n) is 17.8. The van der Waals surface area contributed by atoms with E-state index in [0.29, 0.717) is 12.1 Å². The Hall–Kier alpha value is -3.61. The van der Waals surface area contributed by atoms with E-state index < -0.39 is 18.5 Å². The smallest absolute Gasteiger partial charge is 0.306 e. The van der Waals surface area contributed by atoms with Gasteiger partial charge in [-0.05, 0) is 55.5 Å². The SMILES string of the molecule is Cc1cccc(NC(=O)CNC(=O)COC(=O)CCCc2c[nH]c3ccccc23)c1C. The van der Waals surface area contributed by atoms with Crippen LogP contribution in [0.15, 0.2) is 48.7 Å². The molecule has 2 amide bonds. The molecule has 0 unspecified atom stereocenters. The fourth-order valence-corrected chi connectivity index (χ4v) is 3.29. The van der Waals surface area contributed by atoms with Gasteiger partial charge < -0.3 is 20.4 Å². The average molecular weight is 421 g/mol. The lowest BCUT2D eigenvalue weighted by atomic mass is 10.1. The molecule has 0 saturated heterocycles. The third-order valence-electron chi connectivity index (χ3n) is 5.19. The molecule has 1 heterocycles. The van der Waals surface area contributed by atoms with Crippen molar-refractivity contribution in [3.8, 4) is 0 Å². The van der Waals surface area contributed by atoms with Gasteiger partial charge in [0.1, 0.15) is 0 Å². The minimum Gasteiger partial charge on any atom is -0.456 e. The predicted molar refractivity (Wildman–Crippen MR) is 120 cm³/mol. The van der Waals surface area contributed by atoms with Crippen LogP contribution >= 0.6 is 0 Å². The normalized spacial score (nSPS) is 10.6. The maximum Gasteiger partial charge on any atom is 0.306 e. The Kier molecular flexibility index (Phi) is 7.43. The number of anilines is 1. The van der Waals surface area contributed by atoms with E-state index in [-0.39, 0.29) is 18.9 Å². The zero-order chi connectivity index (χ0) is 22.2. The van der Waals surface area contributed by atoms with E-state index in [1.54, 1.807) is 6.07 Å². The van der Waals surface area contributed by atoms with Crippen LogP contribution in [0.5, 0.6) is 0 Å². The predicted octanol–water partition coefficient (Wildman–Crippen LogP) is 3.41. The third kappa shape index (κ3) is 6.18. The number of aryl methyl sites for hydroxylation is 2. The summed E-state index contributed by atoms with van der Waals surface area (Å²) in [5, 5.41) is 6.37. The van der Waals surface area contributed by atoms with Crippen molar-refractivity contribution in [1.82, 2.24) is 10.3 Å². The molecular weight excluding hydrogens is 394 g/mol. The fourth-order valence-electron chi connectivity index (χ4n) is 3.29. The Bertz CT molecular complexity index is 1090. The molecule has 3 N–H and O–H groups in total. The first-order chi connectivity index (χ1) is 14.9. The van der Waals surface area contributed by atoms with Crippen LogP contribution in [-0.2, 0) is 25.5 Å². The molecule has 0 radical (unpaired) electrons. The number of esters is 1. The van der Waals surface area contributed by atoms with E-state index in [1.165, 1.54) is 0 Å². The summed E-state index contributed by atoms with van der Waals surface area (Å²) in [6.07, 6.45) is 3.54. The van der Waals surface area contributed by atoms with Crippen LogP contribution in [0.25, 0.3) is 10.9 Å². The van der Waals surface area contributed by atoms with Gasteiger partial charge in [0.05, 0.1) is 6.54 Å². The van der Waals surface area contributed by atoms with Crippen molar-refractivity contribution < 1.29 is 19.1 Å². The second-order valence-electron chi connectivity index (χ2n) is 7.45. The van der Waals surface area contributed by atoms with Crippen LogP contribution in [0.1, 0.15) is 29.5 Å². The van der Waals surface area contributed by atoms with Crippen LogP contribution in [0.3, 0.4) is 0 Å². The standard InChI is InChI=1S/C24H27N3O4/c1-16-7-5-11-20(17(16)2)27-22(28)14-26-23(29)15-31-24(30)12-6-8-18-13-25-21-10-4-3-9-19(18)21/h3-5,7,9-11,13,25H,6,8,12,14-15H2,1-2H3,(H,26,29)(H,27,28). The lowest BCUT2D eigenvalue weighted by molar-refractivity contribution is -0.148. The summed E-state index contributed by atoms with van der Waals surface area (Å²) < 4.78 is 5.01. The Morgan fingerprint density at radius 3 is 2.65 bits per heavy atom. The molecule has 7 heteroatoms. The second kappa shape index (κ2) is 10.4. The molecular formula is C24H27N3O4. The summed E-state index contributed by atoms with van der Waals surface area (Å²) in [4.78, 5) is 39.0. The van der Waals surface area contributed by atoms with Crippen molar-refractivity contribution >= 4 is 34.4 Å². The molecule has 0 fully saturated rings. The second-order valence-corrected chi connectivity index (χ2v) is 7.45. The molecule has 7 nitrogen and oxygen atoms in total. The number of H-pyrrole nitrogens is 1. The molecule has 0 saturated carbocycles. The van der Waals surface area contributed by atoms with Gasteiger partial charge in [-0.2, -0.15) is 0 Å². The summed E-state index contributed by atoms with van der Waals surface area (Å²) in [6, 6.07) is 13.6. The van der Waals surface area contributed by atoms with E-state index in [0.717, 1.165) is 34.0 Å². The summed E-state index contributed by atoms with van der Waals surface area (Å²) in [5.74, 6) is -1.29. The van der Waals surface area contributed by atoms with Gasteiger partial charge in [0, 0.05) is 29.2 Å². The average Bonchev–Trinajstić information content (AvgIpc) is 3.17. The van der Waals surface area contributed by atoms with Crippen molar-refractivity contribution in [3.05, 3.63) is 65.4 Å². The largest absolute Gasteiger partial charge is 0.456 e. The maximum absolute atomic E-state index is 12.0.